The molecule has 0 bridgehead atoms. The van der Waals surface area contributed by atoms with E-state index >= 15 is 0 Å². The van der Waals surface area contributed by atoms with Crippen LogP contribution in [-0.4, -0.2) is 35.0 Å². The first-order valence-corrected chi connectivity index (χ1v) is 8.58. The summed E-state index contributed by atoms with van der Waals surface area (Å²) in [5.41, 5.74) is 1.88. The molecule has 1 heterocycles. The van der Waals surface area contributed by atoms with E-state index in [4.69, 9.17) is 5.11 Å². The molecule has 23 heavy (non-hydrogen) atoms. The monoisotopic (exact) mass is 315 g/mol. The van der Waals surface area contributed by atoms with Gasteiger partial charge in [-0.2, -0.15) is 0 Å². The molecule has 0 spiro atoms. The van der Waals surface area contributed by atoms with Crippen molar-refractivity contribution < 1.29 is 14.7 Å². The number of amides is 1. The molecule has 124 valence electrons. The highest BCUT2D eigenvalue weighted by atomic mass is 16.4. The predicted octanol–water partition coefficient (Wildman–Crippen LogP) is 3.67. The number of carbonyl (C=O) groups is 2. The van der Waals surface area contributed by atoms with Gasteiger partial charge in [0.15, 0.2) is 0 Å². The van der Waals surface area contributed by atoms with Crippen molar-refractivity contribution in [3.63, 3.8) is 0 Å². The Morgan fingerprint density at radius 3 is 2.57 bits per heavy atom. The van der Waals surface area contributed by atoms with E-state index in [9.17, 15) is 9.59 Å². The summed E-state index contributed by atoms with van der Waals surface area (Å²) < 4.78 is 0. The number of likely N-dealkylation sites (tertiary alicyclic amines) is 1. The molecule has 0 radical (unpaired) electrons. The molecule has 2 aliphatic rings. The maximum Gasteiger partial charge on any atom is 0.335 e. The lowest BCUT2D eigenvalue weighted by molar-refractivity contribution is -0.132. The molecule has 1 aliphatic carbocycles. The molecule has 1 atom stereocenters. The minimum absolute atomic E-state index is 0.282. The van der Waals surface area contributed by atoms with Crippen LogP contribution in [0.15, 0.2) is 24.3 Å². The number of carbonyl (C=O) groups excluding carboxylic acids is 1. The lowest BCUT2D eigenvalue weighted by Gasteiger charge is -2.33. The molecule has 1 saturated carbocycles. The van der Waals surface area contributed by atoms with Crippen LogP contribution < -0.4 is 0 Å². The van der Waals surface area contributed by atoms with Crippen molar-refractivity contribution in [3.8, 4) is 0 Å². The van der Waals surface area contributed by atoms with E-state index in [0.717, 1.165) is 37.9 Å². The van der Waals surface area contributed by atoms with Crippen LogP contribution >= 0.6 is 0 Å². The number of rotatable bonds is 5. The number of carboxylic acid groups (broad SMARTS) is 1. The third-order valence-electron chi connectivity index (χ3n) is 5.45. The zero-order valence-electron chi connectivity index (χ0n) is 13.8. The normalized spacial score (nSPS) is 22.7. The first-order valence-electron chi connectivity index (χ1n) is 8.58. The van der Waals surface area contributed by atoms with Gasteiger partial charge in [0.05, 0.1) is 5.56 Å². The molecule has 0 unspecified atom stereocenters. The Kier molecular flexibility index (Phi) is 4.42. The van der Waals surface area contributed by atoms with Crippen molar-refractivity contribution in [2.75, 3.05) is 13.1 Å². The molecular formula is C19H25NO3. The molecule has 0 aromatic heterocycles. The quantitative estimate of drug-likeness (QED) is 0.902. The van der Waals surface area contributed by atoms with Crippen LogP contribution in [0, 0.1) is 5.41 Å². The average molecular weight is 315 g/mol. The molecule has 2 fully saturated rings. The van der Waals surface area contributed by atoms with E-state index in [-0.39, 0.29) is 5.91 Å². The largest absolute Gasteiger partial charge is 0.478 e. The Hall–Kier alpha value is -1.84. The summed E-state index contributed by atoms with van der Waals surface area (Å²) in [5.74, 6) is -0.289. The van der Waals surface area contributed by atoms with Crippen molar-refractivity contribution in [2.24, 2.45) is 5.41 Å². The van der Waals surface area contributed by atoms with Crippen molar-refractivity contribution in [1.82, 2.24) is 4.90 Å². The molecule has 4 heteroatoms. The highest BCUT2D eigenvalue weighted by molar-refractivity contribution is 5.87. The number of aromatic carboxylic acids is 1. The summed E-state index contributed by atoms with van der Waals surface area (Å²) in [6.45, 7) is 3.89. The van der Waals surface area contributed by atoms with E-state index in [0.29, 0.717) is 23.3 Å². The lowest BCUT2D eigenvalue weighted by atomic mass is 9.89. The first-order chi connectivity index (χ1) is 11.0. The fourth-order valence-electron chi connectivity index (χ4n) is 3.40. The Morgan fingerprint density at radius 1 is 1.26 bits per heavy atom. The van der Waals surface area contributed by atoms with Gasteiger partial charge in [-0.05, 0) is 55.2 Å². The summed E-state index contributed by atoms with van der Waals surface area (Å²) in [7, 11) is 0. The topological polar surface area (TPSA) is 57.6 Å². The molecule has 1 saturated heterocycles. The molecule has 1 aromatic carbocycles. The van der Waals surface area contributed by atoms with Crippen molar-refractivity contribution in [1.29, 1.82) is 0 Å². The van der Waals surface area contributed by atoms with Gasteiger partial charge < -0.3 is 10.0 Å². The van der Waals surface area contributed by atoms with Crippen molar-refractivity contribution in [3.05, 3.63) is 35.4 Å². The third-order valence-corrected chi connectivity index (χ3v) is 5.45. The Labute approximate surface area is 137 Å². The third kappa shape index (κ3) is 3.92. The maximum absolute atomic E-state index is 12.4. The second kappa shape index (κ2) is 6.34. The molecule has 1 aromatic rings. The Bertz CT molecular complexity index is 589. The van der Waals surface area contributed by atoms with E-state index < -0.39 is 5.97 Å². The molecule has 1 amide bonds. The van der Waals surface area contributed by atoms with E-state index in [1.165, 1.54) is 12.8 Å². The van der Waals surface area contributed by atoms with Gasteiger partial charge in [-0.25, -0.2) is 4.79 Å². The SMILES string of the molecule is CC1(CCC(=O)N2CCC[C@H](c3ccc(C(=O)O)cc3)C2)CC1. The van der Waals surface area contributed by atoms with Crippen molar-refractivity contribution in [2.45, 2.75) is 51.4 Å². The zero-order chi connectivity index (χ0) is 16.4. The molecule has 4 nitrogen and oxygen atoms in total. The second-order valence-corrected chi connectivity index (χ2v) is 7.42. The average Bonchev–Trinajstić information content (AvgIpc) is 3.31. The van der Waals surface area contributed by atoms with Gasteiger partial charge in [-0.1, -0.05) is 19.1 Å². The summed E-state index contributed by atoms with van der Waals surface area (Å²) >= 11 is 0. The molecular weight excluding hydrogens is 290 g/mol. The second-order valence-electron chi connectivity index (χ2n) is 7.42. The van der Waals surface area contributed by atoms with Gasteiger partial charge in [0.1, 0.15) is 0 Å². The fraction of sp³-hybridized carbons (Fsp3) is 0.579. The van der Waals surface area contributed by atoms with Crippen LogP contribution in [-0.2, 0) is 4.79 Å². The lowest BCUT2D eigenvalue weighted by Crippen LogP contribution is -2.39. The number of nitrogens with zero attached hydrogens (tertiary/aromatic N) is 1. The highest BCUT2D eigenvalue weighted by Gasteiger charge is 2.37. The molecule has 1 N–H and O–H groups in total. The van der Waals surface area contributed by atoms with Crippen LogP contribution in [0.1, 0.15) is 67.3 Å². The molecule has 3 rings (SSSR count). The summed E-state index contributed by atoms with van der Waals surface area (Å²) in [5, 5.41) is 8.98. The summed E-state index contributed by atoms with van der Waals surface area (Å²) in [4.78, 5) is 25.4. The minimum atomic E-state index is -0.898. The molecule has 1 aliphatic heterocycles. The Morgan fingerprint density at radius 2 is 1.96 bits per heavy atom. The van der Waals surface area contributed by atoms with Gasteiger partial charge >= 0.3 is 5.97 Å². The fourth-order valence-corrected chi connectivity index (χ4v) is 3.40. The summed E-state index contributed by atoms with van der Waals surface area (Å²) in [6.07, 6.45) is 6.29. The van der Waals surface area contributed by atoms with Crippen LogP contribution in [0.4, 0.5) is 0 Å². The van der Waals surface area contributed by atoms with Crippen LogP contribution in [0.2, 0.25) is 0 Å². The number of piperidine rings is 1. The van der Waals surface area contributed by atoms with E-state index in [2.05, 4.69) is 6.92 Å². The maximum atomic E-state index is 12.4. The first kappa shape index (κ1) is 16.0. The van der Waals surface area contributed by atoms with E-state index in [1.807, 2.05) is 17.0 Å². The zero-order valence-corrected chi connectivity index (χ0v) is 13.8. The van der Waals surface area contributed by atoms with Crippen LogP contribution in [0.5, 0.6) is 0 Å². The minimum Gasteiger partial charge on any atom is -0.478 e. The number of carboxylic acids is 1. The van der Waals surface area contributed by atoms with Gasteiger partial charge in [-0.15, -0.1) is 0 Å². The summed E-state index contributed by atoms with van der Waals surface area (Å²) in [6, 6.07) is 7.11. The van der Waals surface area contributed by atoms with Gasteiger partial charge in [0, 0.05) is 25.4 Å². The number of hydrogen-bond donors (Lipinski definition) is 1. The highest BCUT2D eigenvalue weighted by Crippen LogP contribution is 2.49. The predicted molar refractivity (Wildman–Crippen MR) is 88.5 cm³/mol. The van der Waals surface area contributed by atoms with Gasteiger partial charge in [0.2, 0.25) is 5.91 Å². The van der Waals surface area contributed by atoms with Crippen LogP contribution in [0.3, 0.4) is 0 Å². The van der Waals surface area contributed by atoms with Crippen molar-refractivity contribution >= 4 is 11.9 Å². The van der Waals surface area contributed by atoms with Gasteiger partial charge in [-0.3, -0.25) is 4.79 Å². The van der Waals surface area contributed by atoms with E-state index in [1.54, 1.807) is 12.1 Å². The smallest absolute Gasteiger partial charge is 0.335 e. The number of benzene rings is 1. The van der Waals surface area contributed by atoms with Gasteiger partial charge in [0.25, 0.3) is 0 Å². The van der Waals surface area contributed by atoms with Crippen LogP contribution in [0.25, 0.3) is 0 Å². The number of hydrogen-bond acceptors (Lipinski definition) is 2. The Balaban J connectivity index is 1.58. The standard InChI is InChI=1S/C19H25NO3/c1-19(10-11-19)9-8-17(21)20-12-2-3-16(13-20)14-4-6-15(7-5-14)18(22)23/h4-7,16H,2-3,8-13H2,1H3,(H,22,23)/t16-/m0/s1.